The van der Waals surface area contributed by atoms with Gasteiger partial charge in [-0.2, -0.15) is 0 Å². The number of nitrogens with zero attached hydrogens (tertiary/aromatic N) is 2. The Kier molecular flexibility index (Phi) is 6.59. The van der Waals surface area contributed by atoms with Gasteiger partial charge in [0.05, 0.1) is 23.4 Å². The van der Waals surface area contributed by atoms with E-state index in [9.17, 15) is 19.2 Å². The van der Waals surface area contributed by atoms with Gasteiger partial charge in [0.2, 0.25) is 5.91 Å². The van der Waals surface area contributed by atoms with Crippen molar-refractivity contribution in [3.05, 3.63) is 83.4 Å². The molecule has 0 radical (unpaired) electrons. The molecule has 0 saturated heterocycles. The lowest BCUT2D eigenvalue weighted by atomic mass is 10.1. The number of nitrogens with one attached hydrogen (secondary N) is 1. The fraction of sp³-hybridized carbons (Fsp3) is 0.241. The zero-order valence-corrected chi connectivity index (χ0v) is 21.3. The number of aryl methyl sites for hydroxylation is 1. The van der Waals surface area contributed by atoms with Crippen LogP contribution < -0.4 is 19.7 Å². The second-order valence-corrected chi connectivity index (χ2v) is 9.29. The molecule has 0 bridgehead atoms. The number of carbonyl (C=O) groups is 4. The SMILES string of the molecule is Cc1cccc(OCCN2C(=O)C(C)Oc3ccc(NC(=O)C(C)N4C(=O)c5ccccc5C4=O)cc32)c1. The number of rotatable bonds is 7. The van der Waals surface area contributed by atoms with Crippen LogP contribution in [0.3, 0.4) is 0 Å². The van der Waals surface area contributed by atoms with E-state index >= 15 is 0 Å². The predicted molar refractivity (Wildman–Crippen MR) is 141 cm³/mol. The van der Waals surface area contributed by atoms with Crippen LogP contribution in [0.4, 0.5) is 11.4 Å². The molecule has 2 aliphatic heterocycles. The van der Waals surface area contributed by atoms with Crippen LogP contribution in [0.2, 0.25) is 0 Å². The molecule has 194 valence electrons. The summed E-state index contributed by atoms with van der Waals surface area (Å²) in [6, 6.07) is 18.0. The number of imide groups is 1. The maximum absolute atomic E-state index is 13.1. The Morgan fingerprint density at radius 2 is 1.71 bits per heavy atom. The standard InChI is InChI=1S/C29H27N3O6/c1-17-7-6-8-21(15-17)37-14-13-31-24-16-20(11-12-25(24)38-19(3)27(31)34)30-26(33)18(2)32-28(35)22-9-4-5-10-23(22)29(32)36/h4-12,15-16,18-19H,13-14H2,1-3H3,(H,30,33). The van der Waals surface area contributed by atoms with Crippen molar-refractivity contribution in [3.63, 3.8) is 0 Å². The Morgan fingerprint density at radius 1 is 1.00 bits per heavy atom. The van der Waals surface area contributed by atoms with Crippen molar-refractivity contribution in [1.29, 1.82) is 0 Å². The molecule has 4 amide bonds. The van der Waals surface area contributed by atoms with Crippen LogP contribution in [-0.4, -0.2) is 53.8 Å². The summed E-state index contributed by atoms with van der Waals surface area (Å²) >= 11 is 0. The number of hydrogen-bond donors (Lipinski definition) is 1. The Bertz CT molecular complexity index is 1420. The normalized spacial score (nSPS) is 17.0. The van der Waals surface area contributed by atoms with Gasteiger partial charge in [0.15, 0.2) is 6.10 Å². The summed E-state index contributed by atoms with van der Waals surface area (Å²) < 4.78 is 11.6. The van der Waals surface area contributed by atoms with Gasteiger partial charge in [-0.15, -0.1) is 0 Å². The molecule has 2 atom stereocenters. The third-order valence-corrected chi connectivity index (χ3v) is 6.60. The van der Waals surface area contributed by atoms with Crippen LogP contribution in [0.15, 0.2) is 66.7 Å². The average molecular weight is 514 g/mol. The molecule has 0 aliphatic carbocycles. The highest BCUT2D eigenvalue weighted by Crippen LogP contribution is 2.36. The maximum Gasteiger partial charge on any atom is 0.267 e. The van der Waals surface area contributed by atoms with E-state index in [-0.39, 0.29) is 30.2 Å². The summed E-state index contributed by atoms with van der Waals surface area (Å²) in [4.78, 5) is 54.1. The van der Waals surface area contributed by atoms with Crippen molar-refractivity contribution in [2.75, 3.05) is 23.4 Å². The van der Waals surface area contributed by atoms with Crippen molar-refractivity contribution in [3.8, 4) is 11.5 Å². The topological polar surface area (TPSA) is 105 Å². The highest BCUT2D eigenvalue weighted by atomic mass is 16.5. The Morgan fingerprint density at radius 3 is 2.39 bits per heavy atom. The number of ether oxygens (including phenoxy) is 2. The number of hydrogen-bond acceptors (Lipinski definition) is 6. The van der Waals surface area contributed by atoms with E-state index in [1.165, 1.54) is 6.92 Å². The minimum Gasteiger partial charge on any atom is -0.492 e. The second-order valence-electron chi connectivity index (χ2n) is 9.29. The van der Waals surface area contributed by atoms with Crippen LogP contribution in [0.25, 0.3) is 0 Å². The summed E-state index contributed by atoms with van der Waals surface area (Å²) in [5.74, 6) is -0.572. The van der Waals surface area contributed by atoms with Crippen LogP contribution in [0.5, 0.6) is 11.5 Å². The Labute approximate surface area is 219 Å². The summed E-state index contributed by atoms with van der Waals surface area (Å²) in [5.41, 5.74) is 2.51. The van der Waals surface area contributed by atoms with Gasteiger partial charge in [-0.25, -0.2) is 0 Å². The van der Waals surface area contributed by atoms with E-state index < -0.39 is 29.9 Å². The molecule has 5 rings (SSSR count). The summed E-state index contributed by atoms with van der Waals surface area (Å²) in [7, 11) is 0. The van der Waals surface area contributed by atoms with Crippen LogP contribution >= 0.6 is 0 Å². The molecule has 3 aromatic carbocycles. The lowest BCUT2D eigenvalue weighted by molar-refractivity contribution is -0.125. The molecule has 0 spiro atoms. The van der Waals surface area contributed by atoms with Gasteiger partial charge in [-0.1, -0.05) is 24.3 Å². The minimum absolute atomic E-state index is 0.229. The fourth-order valence-electron chi connectivity index (χ4n) is 4.60. The third-order valence-electron chi connectivity index (χ3n) is 6.60. The quantitative estimate of drug-likeness (QED) is 0.482. The van der Waals surface area contributed by atoms with Gasteiger partial charge in [0.1, 0.15) is 24.1 Å². The van der Waals surface area contributed by atoms with Crippen molar-refractivity contribution in [2.24, 2.45) is 0 Å². The largest absolute Gasteiger partial charge is 0.492 e. The highest BCUT2D eigenvalue weighted by molar-refractivity contribution is 6.23. The smallest absolute Gasteiger partial charge is 0.267 e. The van der Waals surface area contributed by atoms with Gasteiger partial charge < -0.3 is 19.7 Å². The Hall–Kier alpha value is -4.66. The highest BCUT2D eigenvalue weighted by Gasteiger charge is 2.40. The van der Waals surface area contributed by atoms with Gasteiger partial charge >= 0.3 is 0 Å². The molecule has 2 aliphatic rings. The van der Waals surface area contributed by atoms with Crippen molar-refractivity contribution in [2.45, 2.75) is 32.9 Å². The van der Waals surface area contributed by atoms with Gasteiger partial charge in [-0.05, 0) is 68.8 Å². The molecular weight excluding hydrogens is 486 g/mol. The van der Waals surface area contributed by atoms with E-state index in [0.29, 0.717) is 22.9 Å². The Balaban J connectivity index is 1.31. The molecule has 9 heteroatoms. The lowest BCUT2D eigenvalue weighted by Crippen LogP contribution is -2.46. The fourth-order valence-corrected chi connectivity index (χ4v) is 4.60. The third kappa shape index (κ3) is 4.58. The first kappa shape index (κ1) is 25.0. The van der Waals surface area contributed by atoms with Crippen LogP contribution in [0, 0.1) is 6.92 Å². The number of fused-ring (bicyclic) bond motifs is 2. The van der Waals surface area contributed by atoms with Crippen LogP contribution in [-0.2, 0) is 9.59 Å². The van der Waals surface area contributed by atoms with E-state index in [2.05, 4.69) is 5.32 Å². The monoisotopic (exact) mass is 513 g/mol. The molecular formula is C29H27N3O6. The molecule has 0 aromatic heterocycles. The lowest BCUT2D eigenvalue weighted by Gasteiger charge is -2.33. The molecule has 3 aromatic rings. The summed E-state index contributed by atoms with van der Waals surface area (Å²) in [6.45, 7) is 5.68. The molecule has 0 fully saturated rings. The van der Waals surface area contributed by atoms with Crippen molar-refractivity contribution in [1.82, 2.24) is 4.90 Å². The summed E-state index contributed by atoms with van der Waals surface area (Å²) in [6.07, 6.45) is -0.671. The number of benzene rings is 3. The van der Waals surface area contributed by atoms with Crippen LogP contribution in [0.1, 0.15) is 40.1 Å². The van der Waals surface area contributed by atoms with Crippen molar-refractivity contribution < 1.29 is 28.7 Å². The summed E-state index contributed by atoms with van der Waals surface area (Å²) in [5, 5.41) is 2.76. The van der Waals surface area contributed by atoms with E-state index in [1.54, 1.807) is 54.3 Å². The molecule has 9 nitrogen and oxygen atoms in total. The second kappa shape index (κ2) is 10.0. The zero-order valence-electron chi connectivity index (χ0n) is 21.3. The van der Waals surface area contributed by atoms with Gasteiger partial charge in [-0.3, -0.25) is 24.1 Å². The van der Waals surface area contributed by atoms with Gasteiger partial charge in [0.25, 0.3) is 17.7 Å². The van der Waals surface area contributed by atoms with Crippen molar-refractivity contribution >= 4 is 35.0 Å². The minimum atomic E-state index is -1.05. The first-order chi connectivity index (χ1) is 18.2. The maximum atomic E-state index is 13.1. The van der Waals surface area contributed by atoms with E-state index in [0.717, 1.165) is 10.5 Å². The number of anilines is 2. The van der Waals surface area contributed by atoms with Gasteiger partial charge in [0, 0.05) is 5.69 Å². The molecule has 0 saturated carbocycles. The molecule has 2 unspecified atom stereocenters. The predicted octanol–water partition coefficient (Wildman–Crippen LogP) is 3.81. The molecule has 38 heavy (non-hydrogen) atoms. The van der Waals surface area contributed by atoms with E-state index in [1.807, 2.05) is 31.2 Å². The first-order valence-electron chi connectivity index (χ1n) is 12.3. The average Bonchev–Trinajstić information content (AvgIpc) is 3.16. The molecule has 2 heterocycles. The zero-order chi connectivity index (χ0) is 27.0. The van der Waals surface area contributed by atoms with E-state index in [4.69, 9.17) is 9.47 Å². The first-order valence-corrected chi connectivity index (χ1v) is 12.3. The molecule has 1 N–H and O–H groups in total. The number of carbonyl (C=O) groups excluding carboxylic acids is 4. The number of amides is 4.